The quantitative estimate of drug-likeness (QED) is 0.797. The summed E-state index contributed by atoms with van der Waals surface area (Å²) in [7, 11) is 0. The van der Waals surface area contributed by atoms with Crippen LogP contribution in [0.1, 0.15) is 31.9 Å². The van der Waals surface area contributed by atoms with Crippen molar-refractivity contribution in [2.45, 2.75) is 26.3 Å². The number of hydrogen-bond donors (Lipinski definition) is 1. The molecule has 1 nitrogen and oxygen atoms in total. The normalized spacial score (nSPS) is 12.4. The zero-order valence-electron chi connectivity index (χ0n) is 11.8. The Morgan fingerprint density at radius 2 is 1.90 bits per heavy atom. The van der Waals surface area contributed by atoms with E-state index in [2.05, 4.69) is 19.2 Å². The second-order valence-electron chi connectivity index (χ2n) is 4.89. The fourth-order valence-electron chi connectivity index (χ4n) is 2.29. The van der Waals surface area contributed by atoms with Gasteiger partial charge in [-0.25, -0.2) is 4.39 Å². The second kappa shape index (κ2) is 6.87. The van der Waals surface area contributed by atoms with Gasteiger partial charge in [-0.05, 0) is 49.2 Å². The van der Waals surface area contributed by atoms with Crippen LogP contribution in [0, 0.1) is 5.82 Å². The van der Waals surface area contributed by atoms with Crippen LogP contribution in [-0.4, -0.2) is 6.54 Å². The molecule has 2 rings (SSSR count). The van der Waals surface area contributed by atoms with E-state index in [0.29, 0.717) is 5.02 Å². The Bertz CT molecular complexity index is 583. The van der Waals surface area contributed by atoms with E-state index in [0.717, 1.165) is 29.7 Å². The van der Waals surface area contributed by atoms with Crippen molar-refractivity contribution in [3.8, 4) is 11.1 Å². The monoisotopic (exact) mass is 291 g/mol. The van der Waals surface area contributed by atoms with Gasteiger partial charge in [0.1, 0.15) is 5.82 Å². The Morgan fingerprint density at radius 3 is 2.60 bits per heavy atom. The van der Waals surface area contributed by atoms with Crippen LogP contribution in [0.5, 0.6) is 0 Å². The van der Waals surface area contributed by atoms with Crippen molar-refractivity contribution in [3.63, 3.8) is 0 Å². The van der Waals surface area contributed by atoms with Crippen molar-refractivity contribution in [1.82, 2.24) is 5.32 Å². The van der Waals surface area contributed by atoms with Gasteiger partial charge in [-0.15, -0.1) is 0 Å². The van der Waals surface area contributed by atoms with Crippen molar-refractivity contribution in [2.24, 2.45) is 0 Å². The zero-order valence-corrected chi connectivity index (χ0v) is 12.5. The third kappa shape index (κ3) is 3.38. The van der Waals surface area contributed by atoms with Crippen LogP contribution in [-0.2, 0) is 0 Å². The molecule has 106 valence electrons. The van der Waals surface area contributed by atoms with Crippen LogP contribution < -0.4 is 5.32 Å². The number of benzene rings is 2. The van der Waals surface area contributed by atoms with Crippen LogP contribution in [0.25, 0.3) is 11.1 Å². The van der Waals surface area contributed by atoms with Gasteiger partial charge in [-0.1, -0.05) is 42.8 Å². The molecule has 0 aliphatic heterocycles. The number of halogens is 2. The maximum Gasteiger partial charge on any atom is 0.123 e. The largest absolute Gasteiger partial charge is 0.310 e. The highest BCUT2D eigenvalue weighted by Gasteiger charge is 2.14. The predicted molar refractivity (Wildman–Crippen MR) is 83.6 cm³/mol. The maximum absolute atomic E-state index is 13.6. The molecule has 20 heavy (non-hydrogen) atoms. The smallest absolute Gasteiger partial charge is 0.123 e. The molecule has 0 spiro atoms. The lowest BCUT2D eigenvalue weighted by molar-refractivity contribution is 0.569. The fraction of sp³-hybridized carbons (Fsp3) is 0.294. The minimum Gasteiger partial charge on any atom is -0.310 e. The first-order valence-corrected chi connectivity index (χ1v) is 7.29. The van der Waals surface area contributed by atoms with E-state index in [9.17, 15) is 4.39 Å². The van der Waals surface area contributed by atoms with Crippen LogP contribution in [0.3, 0.4) is 0 Å². The summed E-state index contributed by atoms with van der Waals surface area (Å²) in [5.74, 6) is -0.244. The number of rotatable bonds is 5. The molecule has 0 bridgehead atoms. The van der Waals surface area contributed by atoms with E-state index < -0.39 is 0 Å². The predicted octanol–water partition coefficient (Wildman–Crippen LogP) is 5.21. The minimum atomic E-state index is -0.244. The molecule has 3 heteroatoms. The van der Waals surface area contributed by atoms with Gasteiger partial charge in [0.25, 0.3) is 0 Å². The Morgan fingerprint density at radius 1 is 1.15 bits per heavy atom. The third-order valence-electron chi connectivity index (χ3n) is 3.35. The molecule has 2 aromatic carbocycles. The molecule has 1 unspecified atom stereocenters. The van der Waals surface area contributed by atoms with Gasteiger partial charge in [0.05, 0.1) is 0 Å². The van der Waals surface area contributed by atoms with Crippen LogP contribution in [0.4, 0.5) is 4.39 Å². The average molecular weight is 292 g/mol. The SMILES string of the molecule is CCCNC(C)c1ccc(F)cc1-c1ccccc1Cl. The van der Waals surface area contributed by atoms with Crippen LogP contribution in [0.15, 0.2) is 42.5 Å². The van der Waals surface area contributed by atoms with Crippen LogP contribution >= 0.6 is 11.6 Å². The highest BCUT2D eigenvalue weighted by atomic mass is 35.5. The van der Waals surface area contributed by atoms with Crippen molar-refractivity contribution in [2.75, 3.05) is 6.54 Å². The van der Waals surface area contributed by atoms with E-state index in [1.807, 2.05) is 30.3 Å². The van der Waals surface area contributed by atoms with E-state index in [4.69, 9.17) is 11.6 Å². The van der Waals surface area contributed by atoms with E-state index >= 15 is 0 Å². The van der Waals surface area contributed by atoms with Gasteiger partial charge < -0.3 is 5.32 Å². The summed E-state index contributed by atoms with van der Waals surface area (Å²) < 4.78 is 13.6. The van der Waals surface area contributed by atoms with E-state index in [1.165, 1.54) is 6.07 Å². The summed E-state index contributed by atoms with van der Waals surface area (Å²) in [5, 5.41) is 4.07. The first-order chi connectivity index (χ1) is 9.63. The molecule has 0 saturated carbocycles. The molecule has 1 N–H and O–H groups in total. The Balaban J connectivity index is 2.46. The van der Waals surface area contributed by atoms with Crippen molar-refractivity contribution in [3.05, 3.63) is 58.9 Å². The lowest BCUT2D eigenvalue weighted by atomic mass is 9.95. The summed E-state index contributed by atoms with van der Waals surface area (Å²) in [6, 6.07) is 12.6. The fourth-order valence-corrected chi connectivity index (χ4v) is 2.53. The Hall–Kier alpha value is -1.38. The lowest BCUT2D eigenvalue weighted by Crippen LogP contribution is -2.20. The molecular formula is C17H19ClFN. The summed E-state index contributed by atoms with van der Waals surface area (Å²) in [5.41, 5.74) is 2.79. The molecule has 0 amide bonds. The zero-order chi connectivity index (χ0) is 14.5. The molecule has 0 aromatic heterocycles. The van der Waals surface area contributed by atoms with E-state index in [-0.39, 0.29) is 11.9 Å². The van der Waals surface area contributed by atoms with Crippen molar-refractivity contribution < 1.29 is 4.39 Å². The number of nitrogens with one attached hydrogen (secondary N) is 1. The molecule has 0 radical (unpaired) electrons. The summed E-state index contributed by atoms with van der Waals surface area (Å²) >= 11 is 6.25. The van der Waals surface area contributed by atoms with Gasteiger partial charge in [0.15, 0.2) is 0 Å². The van der Waals surface area contributed by atoms with Crippen LogP contribution in [0.2, 0.25) is 5.02 Å². The Labute approximate surface area is 124 Å². The average Bonchev–Trinajstić information content (AvgIpc) is 2.45. The molecular weight excluding hydrogens is 273 g/mol. The number of hydrogen-bond acceptors (Lipinski definition) is 1. The standard InChI is InChI=1S/C17H19ClFN/c1-3-10-20-12(2)14-9-8-13(19)11-16(14)15-6-4-5-7-17(15)18/h4-9,11-12,20H,3,10H2,1-2H3. The second-order valence-corrected chi connectivity index (χ2v) is 5.29. The highest BCUT2D eigenvalue weighted by molar-refractivity contribution is 6.33. The molecule has 0 heterocycles. The van der Waals surface area contributed by atoms with Gasteiger partial charge in [-0.2, -0.15) is 0 Å². The Kier molecular flexibility index (Phi) is 5.16. The van der Waals surface area contributed by atoms with Gasteiger partial charge in [0.2, 0.25) is 0 Å². The highest BCUT2D eigenvalue weighted by Crippen LogP contribution is 2.33. The third-order valence-corrected chi connectivity index (χ3v) is 3.68. The summed E-state index contributed by atoms with van der Waals surface area (Å²) in [6.07, 6.45) is 1.06. The summed E-state index contributed by atoms with van der Waals surface area (Å²) in [6.45, 7) is 5.14. The van der Waals surface area contributed by atoms with E-state index in [1.54, 1.807) is 6.07 Å². The molecule has 0 aliphatic rings. The lowest BCUT2D eigenvalue weighted by Gasteiger charge is -2.18. The first kappa shape index (κ1) is 15.0. The maximum atomic E-state index is 13.6. The van der Waals surface area contributed by atoms with Gasteiger partial charge in [0, 0.05) is 16.6 Å². The molecule has 0 fully saturated rings. The van der Waals surface area contributed by atoms with Crippen molar-refractivity contribution >= 4 is 11.6 Å². The molecule has 2 aromatic rings. The summed E-state index contributed by atoms with van der Waals surface area (Å²) in [4.78, 5) is 0. The topological polar surface area (TPSA) is 12.0 Å². The van der Waals surface area contributed by atoms with Gasteiger partial charge in [-0.3, -0.25) is 0 Å². The molecule has 0 aliphatic carbocycles. The van der Waals surface area contributed by atoms with Gasteiger partial charge >= 0.3 is 0 Å². The first-order valence-electron chi connectivity index (χ1n) is 6.91. The molecule has 1 atom stereocenters. The van der Waals surface area contributed by atoms with Crippen molar-refractivity contribution in [1.29, 1.82) is 0 Å². The minimum absolute atomic E-state index is 0.154. The molecule has 0 saturated heterocycles.